The maximum absolute atomic E-state index is 14.5. The van der Waals surface area contributed by atoms with Crippen LogP contribution in [0.4, 0.5) is 17.6 Å². The highest BCUT2D eigenvalue weighted by atomic mass is 19.1. The SMILES string of the molecule is Fc1ccc(-c2cccc(C(c3cccc(-c4ccc(F)cc4F)n3)[n+]3ccccc3)n2)c(F)c1. The van der Waals surface area contributed by atoms with Gasteiger partial charge >= 0.3 is 0 Å². The molecule has 0 aliphatic heterocycles. The van der Waals surface area contributed by atoms with E-state index in [0.717, 1.165) is 12.1 Å². The van der Waals surface area contributed by atoms with Crippen molar-refractivity contribution in [1.29, 1.82) is 0 Å². The zero-order valence-electron chi connectivity index (χ0n) is 18.2. The van der Waals surface area contributed by atoms with Crippen LogP contribution < -0.4 is 4.57 Å². The molecule has 3 nitrogen and oxygen atoms in total. The molecule has 35 heavy (non-hydrogen) atoms. The van der Waals surface area contributed by atoms with Crippen LogP contribution in [0.1, 0.15) is 17.4 Å². The van der Waals surface area contributed by atoms with Gasteiger partial charge in [0, 0.05) is 35.4 Å². The predicted molar refractivity (Wildman–Crippen MR) is 123 cm³/mol. The Morgan fingerprint density at radius 1 is 0.543 bits per heavy atom. The third kappa shape index (κ3) is 4.66. The number of benzene rings is 2. The minimum atomic E-state index is -0.717. The lowest BCUT2D eigenvalue weighted by Gasteiger charge is -2.14. The van der Waals surface area contributed by atoms with Gasteiger partial charge < -0.3 is 0 Å². The van der Waals surface area contributed by atoms with Crippen LogP contribution in [0.3, 0.4) is 0 Å². The first-order chi connectivity index (χ1) is 17.0. The summed E-state index contributed by atoms with van der Waals surface area (Å²) < 4.78 is 57.6. The first-order valence-corrected chi connectivity index (χ1v) is 10.8. The molecule has 0 spiro atoms. The van der Waals surface area contributed by atoms with Gasteiger partial charge in [-0.05, 0) is 48.5 Å². The van der Waals surface area contributed by atoms with Crippen molar-refractivity contribution in [2.45, 2.75) is 6.04 Å². The fourth-order valence-electron chi connectivity index (χ4n) is 3.94. The Morgan fingerprint density at radius 2 is 1.03 bits per heavy atom. The minimum absolute atomic E-state index is 0.167. The lowest BCUT2D eigenvalue weighted by molar-refractivity contribution is -0.705. The average molecular weight is 472 g/mol. The fourth-order valence-corrected chi connectivity index (χ4v) is 3.94. The molecule has 5 aromatic rings. The summed E-state index contributed by atoms with van der Waals surface area (Å²) >= 11 is 0. The van der Waals surface area contributed by atoms with E-state index in [1.807, 2.05) is 35.2 Å². The Kier molecular flexibility index (Phi) is 6.06. The van der Waals surface area contributed by atoms with Crippen molar-refractivity contribution in [3.05, 3.63) is 138 Å². The highest BCUT2D eigenvalue weighted by Crippen LogP contribution is 2.28. The van der Waals surface area contributed by atoms with E-state index in [1.54, 1.807) is 36.4 Å². The second-order valence-corrected chi connectivity index (χ2v) is 7.87. The number of hydrogen-bond donors (Lipinski definition) is 0. The lowest BCUT2D eigenvalue weighted by Crippen LogP contribution is -2.41. The fraction of sp³-hybridized carbons (Fsp3) is 0.0357. The second-order valence-electron chi connectivity index (χ2n) is 7.87. The standard InChI is InChI=1S/C28H18F4N3/c29-18-10-12-20(22(31)16-18)24-6-4-8-26(33-24)28(35-14-2-1-3-15-35)27-9-5-7-25(34-27)21-13-11-19(30)17-23(21)32/h1-17,28H/q+1. The van der Waals surface area contributed by atoms with Crippen LogP contribution in [0.2, 0.25) is 0 Å². The van der Waals surface area contributed by atoms with Crippen LogP contribution in [0, 0.1) is 23.3 Å². The molecular formula is C28H18F4N3+. The summed E-state index contributed by atoms with van der Waals surface area (Å²) in [7, 11) is 0. The van der Waals surface area contributed by atoms with Gasteiger partial charge in [0.05, 0.1) is 11.4 Å². The Balaban J connectivity index is 1.64. The zero-order chi connectivity index (χ0) is 24.4. The van der Waals surface area contributed by atoms with Gasteiger partial charge in [-0.15, -0.1) is 0 Å². The summed E-state index contributed by atoms with van der Waals surface area (Å²) in [6.07, 6.45) is 3.68. The van der Waals surface area contributed by atoms with Crippen molar-refractivity contribution in [3.8, 4) is 22.5 Å². The van der Waals surface area contributed by atoms with E-state index in [1.165, 1.54) is 24.3 Å². The van der Waals surface area contributed by atoms with Gasteiger partial charge in [0.2, 0.25) is 6.04 Å². The molecule has 0 N–H and O–H groups in total. The van der Waals surface area contributed by atoms with E-state index in [4.69, 9.17) is 0 Å². The Labute approximate surface area is 199 Å². The Morgan fingerprint density at radius 3 is 1.49 bits per heavy atom. The quantitative estimate of drug-likeness (QED) is 0.222. The summed E-state index contributed by atoms with van der Waals surface area (Å²) in [5, 5.41) is 0. The van der Waals surface area contributed by atoms with E-state index in [0.29, 0.717) is 22.8 Å². The first kappa shape index (κ1) is 22.4. The van der Waals surface area contributed by atoms with Crippen molar-refractivity contribution in [2.24, 2.45) is 0 Å². The number of pyridine rings is 3. The van der Waals surface area contributed by atoms with Gasteiger partial charge in [0.1, 0.15) is 34.7 Å². The normalized spacial score (nSPS) is 11.1. The zero-order valence-corrected chi connectivity index (χ0v) is 18.2. The molecule has 0 unspecified atom stereocenters. The van der Waals surface area contributed by atoms with E-state index in [9.17, 15) is 17.6 Å². The van der Waals surface area contributed by atoms with Gasteiger partial charge in [-0.2, -0.15) is 4.57 Å². The highest BCUT2D eigenvalue weighted by Gasteiger charge is 2.27. The van der Waals surface area contributed by atoms with Gasteiger partial charge in [0.25, 0.3) is 0 Å². The third-order valence-corrected chi connectivity index (χ3v) is 5.55. The number of nitrogens with zero attached hydrogens (tertiary/aromatic N) is 3. The lowest BCUT2D eigenvalue weighted by atomic mass is 10.0. The molecule has 0 fully saturated rings. The molecule has 0 radical (unpaired) electrons. The van der Waals surface area contributed by atoms with E-state index < -0.39 is 29.3 Å². The summed E-state index contributed by atoms with van der Waals surface area (Å²) in [4.78, 5) is 9.34. The van der Waals surface area contributed by atoms with Crippen LogP contribution in [0.25, 0.3) is 22.5 Å². The summed E-state index contributed by atoms with van der Waals surface area (Å²) in [5.41, 5.74) is 2.10. The first-order valence-electron chi connectivity index (χ1n) is 10.8. The van der Waals surface area contributed by atoms with Crippen LogP contribution in [-0.2, 0) is 0 Å². The predicted octanol–water partition coefficient (Wildman–Crippen LogP) is 6.29. The third-order valence-electron chi connectivity index (χ3n) is 5.55. The van der Waals surface area contributed by atoms with Crippen molar-refractivity contribution >= 4 is 0 Å². The molecule has 172 valence electrons. The summed E-state index contributed by atoms with van der Waals surface area (Å²) in [5.74, 6) is -2.78. The van der Waals surface area contributed by atoms with Crippen molar-refractivity contribution in [3.63, 3.8) is 0 Å². The van der Waals surface area contributed by atoms with Crippen molar-refractivity contribution < 1.29 is 22.1 Å². The molecule has 0 aliphatic rings. The maximum Gasteiger partial charge on any atom is 0.242 e. The molecule has 3 aromatic heterocycles. The molecule has 0 saturated carbocycles. The summed E-state index contributed by atoms with van der Waals surface area (Å²) in [6, 6.07) is 22.0. The van der Waals surface area contributed by atoms with Crippen LogP contribution in [0.15, 0.2) is 103 Å². The number of rotatable bonds is 5. The minimum Gasteiger partial charge on any atom is -0.245 e. The average Bonchev–Trinajstić information content (AvgIpc) is 2.85. The van der Waals surface area contributed by atoms with E-state index in [2.05, 4.69) is 9.97 Å². The molecule has 0 saturated heterocycles. The second kappa shape index (κ2) is 9.46. The molecule has 0 aliphatic carbocycles. The molecular weight excluding hydrogens is 454 g/mol. The molecule has 3 heterocycles. The smallest absolute Gasteiger partial charge is 0.242 e. The largest absolute Gasteiger partial charge is 0.245 e. The molecule has 0 bridgehead atoms. The summed E-state index contributed by atoms with van der Waals surface area (Å²) in [6.45, 7) is 0. The van der Waals surface area contributed by atoms with E-state index >= 15 is 0 Å². The van der Waals surface area contributed by atoms with Crippen molar-refractivity contribution in [1.82, 2.24) is 9.97 Å². The highest BCUT2D eigenvalue weighted by molar-refractivity contribution is 5.61. The maximum atomic E-state index is 14.5. The van der Waals surface area contributed by atoms with Crippen LogP contribution in [0.5, 0.6) is 0 Å². The topological polar surface area (TPSA) is 29.7 Å². The number of hydrogen-bond acceptors (Lipinski definition) is 2. The van der Waals surface area contributed by atoms with E-state index in [-0.39, 0.29) is 11.1 Å². The van der Waals surface area contributed by atoms with Gasteiger partial charge in [-0.3, -0.25) is 0 Å². The molecule has 5 rings (SSSR count). The molecule has 0 atom stereocenters. The Hall–Kier alpha value is -4.39. The molecule has 7 heteroatoms. The number of aromatic nitrogens is 3. The number of halogens is 4. The monoisotopic (exact) mass is 472 g/mol. The van der Waals surface area contributed by atoms with Crippen LogP contribution >= 0.6 is 0 Å². The Bertz CT molecular complexity index is 1410. The van der Waals surface area contributed by atoms with Gasteiger partial charge in [0.15, 0.2) is 12.4 Å². The molecule has 0 amide bonds. The van der Waals surface area contributed by atoms with Gasteiger partial charge in [-0.1, -0.05) is 18.2 Å². The van der Waals surface area contributed by atoms with Gasteiger partial charge in [-0.25, -0.2) is 27.5 Å². The molecule has 2 aromatic carbocycles. The van der Waals surface area contributed by atoms with Crippen molar-refractivity contribution in [2.75, 3.05) is 0 Å². The van der Waals surface area contributed by atoms with Crippen LogP contribution in [-0.4, -0.2) is 9.97 Å².